The van der Waals surface area contributed by atoms with E-state index in [0.717, 1.165) is 5.92 Å². The minimum Gasteiger partial charge on any atom is -0.328 e. The summed E-state index contributed by atoms with van der Waals surface area (Å²) in [6, 6.07) is 0.354. The lowest BCUT2D eigenvalue weighted by molar-refractivity contribution is 0.388. The average molecular weight is 129 g/mol. The summed E-state index contributed by atoms with van der Waals surface area (Å²) in [4.78, 5) is 0. The van der Waals surface area contributed by atoms with E-state index in [0.29, 0.717) is 12.0 Å². The van der Waals surface area contributed by atoms with Crippen LogP contribution in [0, 0.1) is 11.8 Å². The zero-order valence-corrected chi connectivity index (χ0v) is 7.02. The van der Waals surface area contributed by atoms with Gasteiger partial charge in [-0.05, 0) is 25.2 Å². The van der Waals surface area contributed by atoms with Crippen LogP contribution in [0.3, 0.4) is 0 Å². The quantitative estimate of drug-likeness (QED) is 0.620. The van der Waals surface area contributed by atoms with E-state index in [1.54, 1.807) is 0 Å². The molecule has 0 saturated carbocycles. The third kappa shape index (κ3) is 4.46. The van der Waals surface area contributed by atoms with Crippen LogP contribution in [0.15, 0.2) is 0 Å². The Morgan fingerprint density at radius 1 is 1.11 bits per heavy atom. The van der Waals surface area contributed by atoms with Crippen LogP contribution in [-0.4, -0.2) is 6.04 Å². The van der Waals surface area contributed by atoms with Gasteiger partial charge in [0.05, 0.1) is 0 Å². The second-order valence-electron chi connectivity index (χ2n) is 3.47. The van der Waals surface area contributed by atoms with Gasteiger partial charge >= 0.3 is 0 Å². The maximum absolute atomic E-state index is 5.68. The van der Waals surface area contributed by atoms with Crippen LogP contribution in [-0.2, 0) is 0 Å². The van der Waals surface area contributed by atoms with Crippen molar-refractivity contribution in [3.05, 3.63) is 0 Å². The van der Waals surface area contributed by atoms with Crippen LogP contribution in [0.25, 0.3) is 0 Å². The monoisotopic (exact) mass is 129 g/mol. The molecule has 0 aliphatic rings. The molecule has 9 heavy (non-hydrogen) atoms. The van der Waals surface area contributed by atoms with Gasteiger partial charge in [0.1, 0.15) is 0 Å². The average Bonchev–Trinajstić information content (AvgIpc) is 1.63. The Balaban J connectivity index is 3.38. The molecule has 0 saturated heterocycles. The first kappa shape index (κ1) is 8.96. The standard InChI is InChI=1S/C8H19N/c1-6(2)5-7(3)8(4)9/h6-8H,5,9H2,1-4H3/t7-,8+/m0/s1. The van der Waals surface area contributed by atoms with Crippen molar-refractivity contribution in [1.29, 1.82) is 0 Å². The van der Waals surface area contributed by atoms with E-state index >= 15 is 0 Å². The van der Waals surface area contributed by atoms with Crippen LogP contribution in [0.4, 0.5) is 0 Å². The molecule has 0 radical (unpaired) electrons. The highest BCUT2D eigenvalue weighted by Gasteiger charge is 2.08. The van der Waals surface area contributed by atoms with Crippen molar-refractivity contribution in [2.24, 2.45) is 17.6 Å². The molecule has 0 amide bonds. The molecular weight excluding hydrogens is 110 g/mol. The van der Waals surface area contributed by atoms with E-state index in [1.807, 2.05) is 0 Å². The molecule has 1 heteroatoms. The molecule has 0 aliphatic heterocycles. The summed E-state index contributed by atoms with van der Waals surface area (Å²) >= 11 is 0. The van der Waals surface area contributed by atoms with Gasteiger partial charge < -0.3 is 5.73 Å². The van der Waals surface area contributed by atoms with E-state index in [4.69, 9.17) is 5.73 Å². The number of hydrogen-bond donors (Lipinski definition) is 1. The molecule has 0 rings (SSSR count). The third-order valence-corrected chi connectivity index (χ3v) is 1.74. The third-order valence-electron chi connectivity index (χ3n) is 1.74. The maximum atomic E-state index is 5.68. The van der Waals surface area contributed by atoms with Crippen LogP contribution < -0.4 is 5.73 Å². The smallest absolute Gasteiger partial charge is 0.00362 e. The summed E-state index contributed by atoms with van der Waals surface area (Å²) in [5.74, 6) is 1.45. The highest BCUT2D eigenvalue weighted by atomic mass is 14.6. The normalized spacial score (nSPS) is 18.0. The van der Waals surface area contributed by atoms with Gasteiger partial charge in [-0.3, -0.25) is 0 Å². The SMILES string of the molecule is CC(C)C[C@H](C)[C@@H](C)N. The Hall–Kier alpha value is -0.0400. The van der Waals surface area contributed by atoms with Crippen molar-refractivity contribution in [3.8, 4) is 0 Å². The van der Waals surface area contributed by atoms with Crippen molar-refractivity contribution in [1.82, 2.24) is 0 Å². The summed E-state index contributed by atoms with van der Waals surface area (Å²) in [5, 5.41) is 0. The predicted octanol–water partition coefficient (Wildman–Crippen LogP) is 2.02. The molecule has 0 heterocycles. The van der Waals surface area contributed by atoms with E-state index in [9.17, 15) is 0 Å². The molecule has 0 aromatic heterocycles. The van der Waals surface area contributed by atoms with E-state index in [1.165, 1.54) is 6.42 Å². The Morgan fingerprint density at radius 2 is 1.56 bits per heavy atom. The van der Waals surface area contributed by atoms with Gasteiger partial charge in [-0.25, -0.2) is 0 Å². The molecule has 0 fully saturated rings. The molecule has 2 atom stereocenters. The zero-order valence-electron chi connectivity index (χ0n) is 7.02. The van der Waals surface area contributed by atoms with Gasteiger partial charge in [-0.1, -0.05) is 20.8 Å². The first-order valence-electron chi connectivity index (χ1n) is 3.79. The minimum atomic E-state index is 0.354. The Bertz CT molecular complexity index is 67.0. The van der Waals surface area contributed by atoms with Gasteiger partial charge in [0, 0.05) is 6.04 Å². The summed E-state index contributed by atoms with van der Waals surface area (Å²) < 4.78 is 0. The molecular formula is C8H19N. The highest BCUT2D eigenvalue weighted by Crippen LogP contribution is 2.12. The van der Waals surface area contributed by atoms with Crippen molar-refractivity contribution in [2.75, 3.05) is 0 Å². The second-order valence-corrected chi connectivity index (χ2v) is 3.47. The van der Waals surface area contributed by atoms with Crippen molar-refractivity contribution >= 4 is 0 Å². The van der Waals surface area contributed by atoms with Crippen molar-refractivity contribution < 1.29 is 0 Å². The molecule has 2 N–H and O–H groups in total. The first-order chi connectivity index (χ1) is 4.04. The second kappa shape index (κ2) is 3.89. The van der Waals surface area contributed by atoms with Crippen LogP contribution in [0.2, 0.25) is 0 Å². The highest BCUT2D eigenvalue weighted by molar-refractivity contribution is 4.64. The largest absolute Gasteiger partial charge is 0.328 e. The van der Waals surface area contributed by atoms with Crippen LogP contribution >= 0.6 is 0 Å². The lowest BCUT2D eigenvalue weighted by Gasteiger charge is -2.16. The lowest BCUT2D eigenvalue weighted by atomic mass is 9.94. The first-order valence-corrected chi connectivity index (χ1v) is 3.79. The van der Waals surface area contributed by atoms with Gasteiger partial charge in [0.25, 0.3) is 0 Å². The number of rotatable bonds is 3. The Morgan fingerprint density at radius 3 is 1.67 bits per heavy atom. The zero-order chi connectivity index (χ0) is 7.44. The number of hydrogen-bond acceptors (Lipinski definition) is 1. The van der Waals surface area contributed by atoms with Gasteiger partial charge in [-0.15, -0.1) is 0 Å². The summed E-state index contributed by atoms with van der Waals surface area (Å²) in [6.07, 6.45) is 1.25. The van der Waals surface area contributed by atoms with E-state index < -0.39 is 0 Å². The Labute approximate surface area is 58.6 Å². The van der Waals surface area contributed by atoms with Crippen LogP contribution in [0.1, 0.15) is 34.1 Å². The molecule has 56 valence electrons. The fourth-order valence-corrected chi connectivity index (χ4v) is 0.958. The van der Waals surface area contributed by atoms with Crippen molar-refractivity contribution in [2.45, 2.75) is 40.2 Å². The minimum absolute atomic E-state index is 0.354. The molecule has 0 aromatic rings. The molecule has 0 aromatic carbocycles. The van der Waals surface area contributed by atoms with E-state index in [2.05, 4.69) is 27.7 Å². The van der Waals surface area contributed by atoms with Gasteiger partial charge in [-0.2, -0.15) is 0 Å². The maximum Gasteiger partial charge on any atom is 0.00362 e. The molecule has 0 spiro atoms. The lowest BCUT2D eigenvalue weighted by Crippen LogP contribution is -2.25. The number of nitrogens with two attached hydrogens (primary N) is 1. The van der Waals surface area contributed by atoms with E-state index in [-0.39, 0.29) is 0 Å². The molecule has 0 bridgehead atoms. The Kier molecular flexibility index (Phi) is 3.87. The molecule has 0 unspecified atom stereocenters. The van der Waals surface area contributed by atoms with Gasteiger partial charge in [0.15, 0.2) is 0 Å². The fraction of sp³-hybridized carbons (Fsp3) is 1.00. The fourth-order valence-electron chi connectivity index (χ4n) is 0.958. The topological polar surface area (TPSA) is 26.0 Å². The summed E-state index contributed by atoms with van der Waals surface area (Å²) in [6.45, 7) is 8.76. The van der Waals surface area contributed by atoms with Crippen LogP contribution in [0.5, 0.6) is 0 Å². The van der Waals surface area contributed by atoms with Gasteiger partial charge in [0.2, 0.25) is 0 Å². The molecule has 1 nitrogen and oxygen atoms in total. The predicted molar refractivity (Wildman–Crippen MR) is 42.3 cm³/mol. The van der Waals surface area contributed by atoms with Crippen molar-refractivity contribution in [3.63, 3.8) is 0 Å². The summed E-state index contributed by atoms with van der Waals surface area (Å²) in [5.41, 5.74) is 5.68. The summed E-state index contributed by atoms with van der Waals surface area (Å²) in [7, 11) is 0. The molecule has 0 aliphatic carbocycles.